The Kier molecular flexibility index (Phi) is 6.85. The average molecular weight is 464 g/mol. The summed E-state index contributed by atoms with van der Waals surface area (Å²) in [5.41, 5.74) is -4.39. The molecule has 0 spiro atoms. The van der Waals surface area contributed by atoms with Gasteiger partial charge in [-0.2, -0.15) is 0 Å². The summed E-state index contributed by atoms with van der Waals surface area (Å²) in [5, 5.41) is 61.7. The smallest absolute Gasteiger partial charge is 0.339 e. The lowest BCUT2D eigenvalue weighted by Gasteiger charge is -2.47. The molecule has 1 saturated heterocycles. The first-order chi connectivity index (χ1) is 14.9. The Morgan fingerprint density at radius 3 is 2.38 bits per heavy atom. The molecule has 0 amide bonds. The lowest BCUT2D eigenvalue weighted by molar-refractivity contribution is -0.352. The van der Waals surface area contributed by atoms with Gasteiger partial charge in [0, 0.05) is 13.3 Å². The van der Waals surface area contributed by atoms with E-state index in [2.05, 4.69) is 4.74 Å². The number of aliphatic hydroxyl groups excluding tert-OH is 5. The van der Waals surface area contributed by atoms with Gasteiger partial charge >= 0.3 is 11.9 Å². The molecule has 0 aromatic heterocycles. The summed E-state index contributed by atoms with van der Waals surface area (Å²) in [6, 6.07) is 0. The number of esters is 2. The molecular formula is C19H28O13. The third-order valence-electron chi connectivity index (χ3n) is 6.16. The Morgan fingerprint density at radius 2 is 1.81 bits per heavy atom. The van der Waals surface area contributed by atoms with Gasteiger partial charge in [0.05, 0.1) is 25.7 Å². The molecule has 1 saturated carbocycles. The van der Waals surface area contributed by atoms with Gasteiger partial charge in [-0.3, -0.25) is 4.79 Å². The van der Waals surface area contributed by atoms with Crippen molar-refractivity contribution >= 4 is 11.9 Å². The van der Waals surface area contributed by atoms with Gasteiger partial charge in [0.1, 0.15) is 47.5 Å². The van der Waals surface area contributed by atoms with Gasteiger partial charge in [-0.1, -0.05) is 0 Å². The van der Waals surface area contributed by atoms with Gasteiger partial charge in [0.25, 0.3) is 0 Å². The van der Waals surface area contributed by atoms with E-state index in [4.69, 9.17) is 18.9 Å². The highest BCUT2D eigenvalue weighted by Gasteiger charge is 2.70. The summed E-state index contributed by atoms with van der Waals surface area (Å²) in [4.78, 5) is 24.0. The van der Waals surface area contributed by atoms with Crippen LogP contribution in [0.15, 0.2) is 11.8 Å². The van der Waals surface area contributed by atoms with Crippen LogP contribution in [0.1, 0.15) is 20.3 Å². The van der Waals surface area contributed by atoms with Gasteiger partial charge in [0.2, 0.25) is 6.29 Å². The Morgan fingerprint density at radius 1 is 1.16 bits per heavy atom. The van der Waals surface area contributed by atoms with Crippen LogP contribution < -0.4 is 0 Å². The predicted molar refractivity (Wildman–Crippen MR) is 99.1 cm³/mol. The van der Waals surface area contributed by atoms with Crippen LogP contribution in [0.3, 0.4) is 0 Å². The Hall–Kier alpha value is -1.84. The summed E-state index contributed by atoms with van der Waals surface area (Å²) >= 11 is 0. The maximum atomic E-state index is 12.3. The van der Waals surface area contributed by atoms with Crippen molar-refractivity contribution in [1.82, 2.24) is 0 Å². The summed E-state index contributed by atoms with van der Waals surface area (Å²) < 4.78 is 26.4. The van der Waals surface area contributed by atoms with E-state index in [1.54, 1.807) is 0 Å². The molecule has 0 aromatic carbocycles. The third kappa shape index (κ3) is 3.88. The van der Waals surface area contributed by atoms with Crippen LogP contribution in [0.25, 0.3) is 0 Å². The number of methoxy groups -OCH3 is 1. The molecule has 6 N–H and O–H groups in total. The highest BCUT2D eigenvalue weighted by molar-refractivity contribution is 5.91. The van der Waals surface area contributed by atoms with E-state index in [9.17, 15) is 40.2 Å². The third-order valence-corrected chi connectivity index (χ3v) is 6.16. The average Bonchev–Trinajstić information content (AvgIpc) is 2.93. The maximum absolute atomic E-state index is 12.3. The highest BCUT2D eigenvalue weighted by Crippen LogP contribution is 2.54. The molecule has 10 atom stereocenters. The van der Waals surface area contributed by atoms with Gasteiger partial charge < -0.3 is 54.3 Å². The molecule has 13 heteroatoms. The molecule has 2 heterocycles. The summed E-state index contributed by atoms with van der Waals surface area (Å²) in [7, 11) is 1.06. The van der Waals surface area contributed by atoms with Crippen molar-refractivity contribution < 1.29 is 63.9 Å². The minimum Gasteiger partial charge on any atom is -0.471 e. The zero-order valence-corrected chi connectivity index (χ0v) is 17.7. The second-order valence-electron chi connectivity index (χ2n) is 8.29. The first-order valence-electron chi connectivity index (χ1n) is 9.91. The number of hydrogen-bond donors (Lipinski definition) is 6. The van der Waals surface area contributed by atoms with Crippen molar-refractivity contribution in [2.45, 2.75) is 74.6 Å². The van der Waals surface area contributed by atoms with Crippen LogP contribution >= 0.6 is 0 Å². The molecule has 0 radical (unpaired) electrons. The van der Waals surface area contributed by atoms with Crippen molar-refractivity contribution in [3.63, 3.8) is 0 Å². The van der Waals surface area contributed by atoms with E-state index in [0.717, 1.165) is 20.3 Å². The van der Waals surface area contributed by atoms with Crippen molar-refractivity contribution in [3.8, 4) is 0 Å². The maximum Gasteiger partial charge on any atom is 0.339 e. The zero-order chi connectivity index (χ0) is 24.0. The van der Waals surface area contributed by atoms with Crippen LogP contribution in [0.2, 0.25) is 0 Å². The zero-order valence-electron chi connectivity index (χ0n) is 17.7. The largest absolute Gasteiger partial charge is 0.471 e. The lowest BCUT2D eigenvalue weighted by atomic mass is 9.76. The van der Waals surface area contributed by atoms with Gasteiger partial charge in [-0.05, 0) is 6.92 Å². The molecule has 3 rings (SSSR count). The van der Waals surface area contributed by atoms with Crippen molar-refractivity contribution in [3.05, 3.63) is 11.8 Å². The molecular weight excluding hydrogens is 436 g/mol. The van der Waals surface area contributed by atoms with E-state index in [0.29, 0.717) is 0 Å². The van der Waals surface area contributed by atoms with Crippen molar-refractivity contribution in [2.75, 3.05) is 13.7 Å². The standard InChI is InChI=1S/C19H28O13/c1-7(21)32-18(2)4-10(22)19(27)8(15(26)28-3)6-29-17(14(18)19)31-16-13(25)12(24)11(23)9(5-20)30-16/h6,9-14,16-17,20,22-25,27H,4-5H2,1-3H3/t9-,10-,11-,12+,13-,14?,16+,17+,18+,19+/m1/s1. The molecule has 3 aliphatic rings. The second-order valence-corrected chi connectivity index (χ2v) is 8.29. The molecule has 2 aliphatic heterocycles. The number of hydrogen-bond acceptors (Lipinski definition) is 13. The fourth-order valence-corrected chi connectivity index (χ4v) is 4.67. The topological polar surface area (TPSA) is 202 Å². The van der Waals surface area contributed by atoms with Crippen LogP contribution in [0, 0.1) is 5.92 Å². The number of fused-ring (bicyclic) bond motifs is 1. The van der Waals surface area contributed by atoms with E-state index >= 15 is 0 Å². The van der Waals surface area contributed by atoms with Crippen LogP contribution in [0.4, 0.5) is 0 Å². The molecule has 1 unspecified atom stereocenters. The summed E-state index contributed by atoms with van der Waals surface area (Å²) in [5.74, 6) is -3.17. The molecule has 0 bridgehead atoms. The van der Waals surface area contributed by atoms with Gasteiger partial charge in [-0.15, -0.1) is 0 Å². The van der Waals surface area contributed by atoms with E-state index in [1.165, 1.54) is 6.92 Å². The first-order valence-corrected chi connectivity index (χ1v) is 9.91. The lowest BCUT2D eigenvalue weighted by Crippen LogP contribution is -2.63. The summed E-state index contributed by atoms with van der Waals surface area (Å²) in [6.07, 6.45) is -10.8. The monoisotopic (exact) mass is 464 g/mol. The molecule has 32 heavy (non-hydrogen) atoms. The first kappa shape index (κ1) is 24.8. The van der Waals surface area contributed by atoms with Crippen molar-refractivity contribution in [2.24, 2.45) is 5.92 Å². The van der Waals surface area contributed by atoms with Crippen LogP contribution in [-0.4, -0.2) is 111 Å². The number of rotatable bonds is 5. The Bertz CT molecular complexity index is 768. The number of aliphatic hydroxyl groups is 6. The Balaban J connectivity index is 1.99. The van der Waals surface area contributed by atoms with Gasteiger partial charge in [0.15, 0.2) is 6.29 Å². The normalized spacial score (nSPS) is 46.0. The minimum atomic E-state index is -2.34. The molecule has 1 aliphatic carbocycles. The SMILES string of the molecule is COC(=O)C1=CO[C@@H](O[C@@H]2O[C@H](CO)[C@@H](O)[C@H](O)[C@H]2O)C2[C@@]1(O)[C@H](O)C[C@]2(C)OC(C)=O. The predicted octanol–water partition coefficient (Wildman–Crippen LogP) is -3.35. The van der Waals surface area contributed by atoms with Crippen molar-refractivity contribution in [1.29, 1.82) is 0 Å². The molecule has 182 valence electrons. The van der Waals surface area contributed by atoms with E-state index < -0.39 is 84.3 Å². The van der Waals surface area contributed by atoms with Crippen LogP contribution in [-0.2, 0) is 33.3 Å². The Labute approximate surface area is 182 Å². The number of carbonyl (C=O) groups is 2. The number of ether oxygens (including phenoxy) is 5. The van der Waals surface area contributed by atoms with Crippen LogP contribution in [0.5, 0.6) is 0 Å². The van der Waals surface area contributed by atoms with E-state index in [-0.39, 0.29) is 6.42 Å². The second kappa shape index (κ2) is 8.83. The van der Waals surface area contributed by atoms with Gasteiger partial charge in [-0.25, -0.2) is 4.79 Å². The molecule has 0 aromatic rings. The molecule has 13 nitrogen and oxygen atoms in total. The quantitative estimate of drug-likeness (QED) is 0.221. The molecule has 2 fully saturated rings. The summed E-state index contributed by atoms with van der Waals surface area (Å²) in [6.45, 7) is 1.80. The highest BCUT2D eigenvalue weighted by atomic mass is 16.8. The minimum absolute atomic E-state index is 0.306. The fraction of sp³-hybridized carbons (Fsp3) is 0.789. The number of carbonyl (C=O) groups excluding carboxylic acids is 2. The van der Waals surface area contributed by atoms with E-state index in [1.807, 2.05) is 0 Å². The fourth-order valence-electron chi connectivity index (χ4n) is 4.67.